The zero-order valence-electron chi connectivity index (χ0n) is 11.9. The standard InChI is InChI=1S/C14H19Cl2N3O2/c1-19(10-2-4-21-5-3-10)8-13(20)18-14-11(15)6-9(17)7-12(14)16/h6-7,10H,2-5,8,17H2,1H3,(H,18,20). The minimum Gasteiger partial charge on any atom is -0.399 e. The predicted molar refractivity (Wildman–Crippen MR) is 86.0 cm³/mol. The van der Waals surface area contributed by atoms with E-state index in [0.29, 0.717) is 27.5 Å². The van der Waals surface area contributed by atoms with E-state index in [4.69, 9.17) is 33.7 Å². The van der Waals surface area contributed by atoms with Crippen molar-refractivity contribution in [2.45, 2.75) is 18.9 Å². The van der Waals surface area contributed by atoms with E-state index in [1.54, 1.807) is 12.1 Å². The number of likely N-dealkylation sites (N-methyl/N-ethyl adjacent to an activating group) is 1. The van der Waals surface area contributed by atoms with Crippen molar-refractivity contribution in [3.8, 4) is 0 Å². The summed E-state index contributed by atoms with van der Waals surface area (Å²) in [4.78, 5) is 14.1. The van der Waals surface area contributed by atoms with Crippen LogP contribution < -0.4 is 11.1 Å². The van der Waals surface area contributed by atoms with Gasteiger partial charge in [0, 0.05) is 24.9 Å². The number of halogens is 2. The molecule has 0 spiro atoms. The second-order valence-electron chi connectivity index (χ2n) is 5.17. The first kappa shape index (κ1) is 16.4. The van der Waals surface area contributed by atoms with Gasteiger partial charge in [0.05, 0.1) is 22.3 Å². The van der Waals surface area contributed by atoms with E-state index < -0.39 is 0 Å². The molecule has 1 aromatic carbocycles. The lowest BCUT2D eigenvalue weighted by Gasteiger charge is -2.30. The highest BCUT2D eigenvalue weighted by Gasteiger charge is 2.21. The molecule has 1 aromatic rings. The normalized spacial score (nSPS) is 16.2. The first-order valence-electron chi connectivity index (χ1n) is 6.79. The third-order valence-corrected chi connectivity index (χ3v) is 4.13. The molecule has 0 radical (unpaired) electrons. The Morgan fingerprint density at radius 1 is 1.38 bits per heavy atom. The number of anilines is 2. The summed E-state index contributed by atoms with van der Waals surface area (Å²) in [6.07, 6.45) is 1.88. The summed E-state index contributed by atoms with van der Waals surface area (Å²) in [6, 6.07) is 3.48. The second kappa shape index (κ2) is 7.31. The van der Waals surface area contributed by atoms with Gasteiger partial charge in [-0.1, -0.05) is 23.2 Å². The van der Waals surface area contributed by atoms with Crippen LogP contribution in [0.1, 0.15) is 12.8 Å². The van der Waals surface area contributed by atoms with Gasteiger partial charge >= 0.3 is 0 Å². The molecule has 1 aliphatic rings. The van der Waals surface area contributed by atoms with Gasteiger partial charge in [-0.25, -0.2) is 0 Å². The Hall–Kier alpha value is -1.01. The van der Waals surface area contributed by atoms with Gasteiger partial charge in [-0.15, -0.1) is 0 Å². The maximum atomic E-state index is 12.1. The number of carbonyl (C=O) groups is 1. The molecular formula is C14H19Cl2N3O2. The molecule has 1 amide bonds. The SMILES string of the molecule is CN(CC(=O)Nc1c(Cl)cc(N)cc1Cl)C1CCOCC1. The summed E-state index contributed by atoms with van der Waals surface area (Å²) < 4.78 is 5.32. The Morgan fingerprint density at radius 3 is 2.52 bits per heavy atom. The van der Waals surface area contributed by atoms with E-state index in [0.717, 1.165) is 26.1 Å². The van der Waals surface area contributed by atoms with Gasteiger partial charge in [0.2, 0.25) is 5.91 Å². The monoisotopic (exact) mass is 331 g/mol. The molecule has 116 valence electrons. The van der Waals surface area contributed by atoms with Gasteiger partial charge in [0.1, 0.15) is 0 Å². The van der Waals surface area contributed by atoms with Crippen LogP contribution in [0.2, 0.25) is 10.0 Å². The quantitative estimate of drug-likeness (QED) is 0.832. The lowest BCUT2D eigenvalue weighted by atomic mass is 10.1. The third-order valence-electron chi connectivity index (χ3n) is 3.54. The molecule has 0 aromatic heterocycles. The Labute approximate surface area is 134 Å². The van der Waals surface area contributed by atoms with Gasteiger partial charge in [0.25, 0.3) is 0 Å². The summed E-state index contributed by atoms with van der Waals surface area (Å²) >= 11 is 12.1. The van der Waals surface area contributed by atoms with E-state index in [-0.39, 0.29) is 12.5 Å². The lowest BCUT2D eigenvalue weighted by molar-refractivity contribution is -0.118. The van der Waals surface area contributed by atoms with Crippen molar-refractivity contribution in [3.05, 3.63) is 22.2 Å². The van der Waals surface area contributed by atoms with E-state index >= 15 is 0 Å². The molecule has 0 aliphatic carbocycles. The smallest absolute Gasteiger partial charge is 0.238 e. The fraction of sp³-hybridized carbons (Fsp3) is 0.500. The number of nitrogens with one attached hydrogen (secondary N) is 1. The van der Waals surface area contributed by atoms with Gasteiger partial charge < -0.3 is 15.8 Å². The zero-order valence-corrected chi connectivity index (χ0v) is 13.4. The summed E-state index contributed by atoms with van der Waals surface area (Å²) in [5, 5.41) is 3.41. The molecule has 7 heteroatoms. The van der Waals surface area contributed by atoms with Crippen LogP contribution >= 0.6 is 23.2 Å². The molecule has 0 atom stereocenters. The highest BCUT2D eigenvalue weighted by atomic mass is 35.5. The van der Waals surface area contributed by atoms with Gasteiger partial charge in [-0.05, 0) is 32.0 Å². The number of nitrogens with zero attached hydrogens (tertiary/aromatic N) is 1. The van der Waals surface area contributed by atoms with Crippen molar-refractivity contribution in [1.82, 2.24) is 4.90 Å². The van der Waals surface area contributed by atoms with Gasteiger partial charge in [0.15, 0.2) is 0 Å². The summed E-state index contributed by atoms with van der Waals surface area (Å²) in [7, 11) is 1.93. The fourth-order valence-electron chi connectivity index (χ4n) is 2.37. The van der Waals surface area contributed by atoms with Crippen molar-refractivity contribution in [1.29, 1.82) is 0 Å². The highest BCUT2D eigenvalue weighted by Crippen LogP contribution is 2.32. The number of nitrogens with two attached hydrogens (primary N) is 1. The minimum absolute atomic E-state index is 0.155. The van der Waals surface area contributed by atoms with E-state index in [1.807, 2.05) is 11.9 Å². The highest BCUT2D eigenvalue weighted by molar-refractivity contribution is 6.40. The number of benzene rings is 1. The molecule has 1 aliphatic heterocycles. The molecule has 2 rings (SSSR count). The number of amides is 1. The molecule has 0 unspecified atom stereocenters. The van der Waals surface area contributed by atoms with E-state index in [1.165, 1.54) is 0 Å². The Balaban J connectivity index is 1.95. The maximum absolute atomic E-state index is 12.1. The molecule has 0 bridgehead atoms. The van der Waals surface area contributed by atoms with E-state index in [9.17, 15) is 4.79 Å². The summed E-state index contributed by atoms with van der Waals surface area (Å²) in [5.41, 5.74) is 6.50. The first-order valence-corrected chi connectivity index (χ1v) is 7.55. The molecule has 3 N–H and O–H groups in total. The fourth-order valence-corrected chi connectivity index (χ4v) is 2.97. The summed E-state index contributed by atoms with van der Waals surface area (Å²) in [6.45, 7) is 1.76. The van der Waals surface area contributed by atoms with Crippen LogP contribution in [0.3, 0.4) is 0 Å². The van der Waals surface area contributed by atoms with Crippen molar-refractivity contribution >= 4 is 40.5 Å². The Bertz CT molecular complexity index is 496. The second-order valence-corrected chi connectivity index (χ2v) is 5.98. The lowest BCUT2D eigenvalue weighted by Crippen LogP contribution is -2.41. The predicted octanol–water partition coefficient (Wildman–Crippen LogP) is 2.62. The van der Waals surface area contributed by atoms with Crippen molar-refractivity contribution in [2.75, 3.05) is 37.9 Å². The van der Waals surface area contributed by atoms with Crippen LogP contribution in [0.25, 0.3) is 0 Å². The van der Waals surface area contributed by atoms with Crippen molar-refractivity contribution in [3.63, 3.8) is 0 Å². The molecule has 1 fully saturated rings. The van der Waals surface area contributed by atoms with Crippen LogP contribution in [0, 0.1) is 0 Å². The van der Waals surface area contributed by atoms with Crippen molar-refractivity contribution in [2.24, 2.45) is 0 Å². The average molecular weight is 332 g/mol. The molecule has 21 heavy (non-hydrogen) atoms. The minimum atomic E-state index is -0.155. The number of carbonyl (C=O) groups excluding carboxylic acids is 1. The molecule has 1 saturated heterocycles. The van der Waals surface area contributed by atoms with Crippen LogP contribution in [0.5, 0.6) is 0 Å². The average Bonchev–Trinajstić information content (AvgIpc) is 2.43. The number of rotatable bonds is 4. The number of ether oxygens (including phenoxy) is 1. The Morgan fingerprint density at radius 2 is 1.95 bits per heavy atom. The number of hydrogen-bond donors (Lipinski definition) is 2. The molecule has 1 heterocycles. The van der Waals surface area contributed by atoms with Crippen LogP contribution in [-0.2, 0) is 9.53 Å². The Kier molecular flexibility index (Phi) is 5.70. The summed E-state index contributed by atoms with van der Waals surface area (Å²) in [5.74, 6) is -0.155. The van der Waals surface area contributed by atoms with Gasteiger partial charge in [-0.2, -0.15) is 0 Å². The molecule has 0 saturated carbocycles. The zero-order chi connectivity index (χ0) is 15.4. The van der Waals surface area contributed by atoms with Crippen LogP contribution in [-0.4, -0.2) is 43.7 Å². The topological polar surface area (TPSA) is 67.6 Å². The molecule has 5 nitrogen and oxygen atoms in total. The van der Waals surface area contributed by atoms with E-state index in [2.05, 4.69) is 5.32 Å². The van der Waals surface area contributed by atoms with Crippen LogP contribution in [0.4, 0.5) is 11.4 Å². The maximum Gasteiger partial charge on any atom is 0.238 e. The van der Waals surface area contributed by atoms with Crippen LogP contribution in [0.15, 0.2) is 12.1 Å². The van der Waals surface area contributed by atoms with Crippen molar-refractivity contribution < 1.29 is 9.53 Å². The molecular weight excluding hydrogens is 313 g/mol. The number of nitrogen functional groups attached to an aromatic ring is 1. The third kappa shape index (κ3) is 4.48. The number of hydrogen-bond acceptors (Lipinski definition) is 4. The largest absolute Gasteiger partial charge is 0.399 e. The first-order chi connectivity index (χ1) is 9.97. The van der Waals surface area contributed by atoms with Gasteiger partial charge in [-0.3, -0.25) is 9.69 Å².